The summed E-state index contributed by atoms with van der Waals surface area (Å²) in [6.07, 6.45) is 0. The predicted octanol–water partition coefficient (Wildman–Crippen LogP) is 3.82. The Bertz CT molecular complexity index is 902. The number of aliphatic imine (C=N–C) groups is 2. The van der Waals surface area contributed by atoms with Crippen LogP contribution in [0, 0.1) is 0 Å². The fraction of sp³-hybridized carbons (Fsp3) is 0. The number of rotatable bonds is 3. The molecular weight excluding hydrogens is 342 g/mol. The minimum absolute atomic E-state index is 0.0430. The fourth-order valence-electron chi connectivity index (χ4n) is 2.02. The molecular formula is C17H14ClN5S. The summed E-state index contributed by atoms with van der Waals surface area (Å²) >= 11 is 7.32. The number of nitrogens with two attached hydrogens (primary N) is 2. The molecule has 1 aromatic heterocycles. The molecule has 0 saturated carbocycles. The second kappa shape index (κ2) is 7.25. The van der Waals surface area contributed by atoms with Crippen molar-refractivity contribution in [3.05, 3.63) is 70.6 Å². The van der Waals surface area contributed by atoms with E-state index in [1.165, 1.54) is 11.3 Å². The molecule has 3 rings (SSSR count). The highest BCUT2D eigenvalue weighted by atomic mass is 35.5. The standard InChI is InChI=1S/C17H14ClN5S/c18-13-8-4-7-12(9-13)15(19)22-16(20)23-17-21-14(10-24-17)11-5-2-1-3-6-11/h1-10H,(H4,19,20,21,22,23). The maximum absolute atomic E-state index is 5.94. The molecule has 0 atom stereocenters. The van der Waals surface area contributed by atoms with Gasteiger partial charge in [0.2, 0.25) is 11.1 Å². The monoisotopic (exact) mass is 355 g/mol. The number of amidine groups is 1. The Morgan fingerprint density at radius 2 is 1.83 bits per heavy atom. The van der Waals surface area contributed by atoms with Gasteiger partial charge in [-0.25, -0.2) is 4.98 Å². The molecule has 3 aromatic rings. The Morgan fingerprint density at radius 3 is 2.58 bits per heavy atom. The summed E-state index contributed by atoms with van der Waals surface area (Å²) in [7, 11) is 0. The molecule has 0 aliphatic heterocycles. The Hall–Kier alpha value is -2.70. The summed E-state index contributed by atoms with van der Waals surface area (Å²) in [6.45, 7) is 0. The maximum Gasteiger partial charge on any atom is 0.224 e. The van der Waals surface area contributed by atoms with Gasteiger partial charge in [0.15, 0.2) is 0 Å². The van der Waals surface area contributed by atoms with Gasteiger partial charge >= 0.3 is 0 Å². The van der Waals surface area contributed by atoms with Crippen LogP contribution in [-0.4, -0.2) is 16.8 Å². The van der Waals surface area contributed by atoms with Crippen LogP contribution in [0.5, 0.6) is 0 Å². The van der Waals surface area contributed by atoms with Gasteiger partial charge in [-0.3, -0.25) is 0 Å². The van der Waals surface area contributed by atoms with Crippen LogP contribution in [0.1, 0.15) is 5.56 Å². The first-order valence-corrected chi connectivity index (χ1v) is 8.33. The molecule has 5 nitrogen and oxygen atoms in total. The molecule has 1 heterocycles. The third kappa shape index (κ3) is 3.98. The quantitative estimate of drug-likeness (QED) is 0.552. The van der Waals surface area contributed by atoms with Gasteiger partial charge in [0.05, 0.1) is 5.69 Å². The molecule has 4 N–H and O–H groups in total. The number of nitrogens with zero attached hydrogens (tertiary/aromatic N) is 3. The minimum atomic E-state index is 0.0430. The Labute approximate surface area is 148 Å². The highest BCUT2D eigenvalue weighted by molar-refractivity contribution is 7.13. The number of halogens is 1. The lowest BCUT2D eigenvalue weighted by atomic mass is 10.2. The summed E-state index contributed by atoms with van der Waals surface area (Å²) in [5.41, 5.74) is 14.3. The molecule has 0 aliphatic rings. The van der Waals surface area contributed by atoms with Gasteiger partial charge in [0.1, 0.15) is 5.84 Å². The summed E-state index contributed by atoms with van der Waals surface area (Å²) in [5.74, 6) is 0.292. The van der Waals surface area contributed by atoms with Crippen molar-refractivity contribution < 1.29 is 0 Å². The second-order valence-electron chi connectivity index (χ2n) is 4.86. The first-order chi connectivity index (χ1) is 11.6. The van der Waals surface area contributed by atoms with Crippen molar-refractivity contribution in [2.75, 3.05) is 0 Å². The number of guanidine groups is 1. The van der Waals surface area contributed by atoms with Crippen molar-refractivity contribution in [1.82, 2.24) is 4.98 Å². The van der Waals surface area contributed by atoms with Gasteiger partial charge in [-0.2, -0.15) is 9.98 Å². The number of hydrogen-bond donors (Lipinski definition) is 2. The first-order valence-electron chi connectivity index (χ1n) is 7.07. The van der Waals surface area contributed by atoms with E-state index in [2.05, 4.69) is 15.0 Å². The lowest BCUT2D eigenvalue weighted by Gasteiger charge is -2.00. The summed E-state index contributed by atoms with van der Waals surface area (Å²) in [6, 6.07) is 16.9. The average Bonchev–Trinajstić information content (AvgIpc) is 3.04. The van der Waals surface area contributed by atoms with Crippen molar-refractivity contribution >= 4 is 39.9 Å². The van der Waals surface area contributed by atoms with Gasteiger partial charge in [-0.1, -0.05) is 54.1 Å². The van der Waals surface area contributed by atoms with E-state index >= 15 is 0 Å². The summed E-state index contributed by atoms with van der Waals surface area (Å²) < 4.78 is 0. The van der Waals surface area contributed by atoms with E-state index in [9.17, 15) is 0 Å². The number of aromatic nitrogens is 1. The normalized spacial score (nSPS) is 12.4. The van der Waals surface area contributed by atoms with Crippen LogP contribution >= 0.6 is 22.9 Å². The molecule has 0 aliphatic carbocycles. The van der Waals surface area contributed by atoms with Crippen LogP contribution < -0.4 is 11.5 Å². The summed E-state index contributed by atoms with van der Waals surface area (Å²) in [4.78, 5) is 12.7. The van der Waals surface area contributed by atoms with Gasteiger partial charge in [-0.15, -0.1) is 11.3 Å². The van der Waals surface area contributed by atoms with E-state index in [1.807, 2.05) is 35.7 Å². The second-order valence-corrected chi connectivity index (χ2v) is 6.13. The molecule has 0 amide bonds. The third-order valence-corrected chi connectivity index (χ3v) is 4.10. The predicted molar refractivity (Wildman–Crippen MR) is 101 cm³/mol. The van der Waals surface area contributed by atoms with E-state index in [0.717, 1.165) is 11.3 Å². The molecule has 0 bridgehead atoms. The van der Waals surface area contributed by atoms with Crippen molar-refractivity contribution in [3.63, 3.8) is 0 Å². The number of thiazole rings is 1. The van der Waals surface area contributed by atoms with Crippen molar-refractivity contribution in [2.24, 2.45) is 21.5 Å². The number of benzene rings is 2. The molecule has 24 heavy (non-hydrogen) atoms. The smallest absolute Gasteiger partial charge is 0.224 e. The van der Waals surface area contributed by atoms with Gasteiger partial charge < -0.3 is 11.5 Å². The van der Waals surface area contributed by atoms with Crippen LogP contribution in [0.4, 0.5) is 5.13 Å². The topological polar surface area (TPSA) is 89.6 Å². The number of hydrogen-bond acceptors (Lipinski definition) is 3. The largest absolute Gasteiger partial charge is 0.383 e. The van der Waals surface area contributed by atoms with Crippen LogP contribution in [-0.2, 0) is 0 Å². The minimum Gasteiger partial charge on any atom is -0.383 e. The Kier molecular flexibility index (Phi) is 4.88. The van der Waals surface area contributed by atoms with E-state index < -0.39 is 0 Å². The van der Waals surface area contributed by atoms with Crippen LogP contribution in [0.2, 0.25) is 5.02 Å². The van der Waals surface area contributed by atoms with Crippen LogP contribution in [0.3, 0.4) is 0 Å². The average molecular weight is 356 g/mol. The zero-order chi connectivity index (χ0) is 16.9. The van der Waals surface area contributed by atoms with Gasteiger partial charge in [-0.05, 0) is 12.1 Å². The highest BCUT2D eigenvalue weighted by Crippen LogP contribution is 2.26. The Balaban J connectivity index is 1.81. The SMILES string of the molecule is N/C(=N\C(N)=N\c1nc(-c2ccccc2)cs1)c1cccc(Cl)c1. The molecule has 0 radical (unpaired) electrons. The highest BCUT2D eigenvalue weighted by Gasteiger charge is 2.05. The lowest BCUT2D eigenvalue weighted by Crippen LogP contribution is -2.19. The molecule has 120 valence electrons. The molecule has 0 unspecified atom stereocenters. The van der Waals surface area contributed by atoms with Crippen LogP contribution in [0.25, 0.3) is 11.3 Å². The van der Waals surface area contributed by atoms with E-state index in [4.69, 9.17) is 23.1 Å². The van der Waals surface area contributed by atoms with Crippen LogP contribution in [0.15, 0.2) is 70.0 Å². The molecule has 0 saturated heterocycles. The summed E-state index contributed by atoms with van der Waals surface area (Å²) in [5, 5.41) is 3.02. The maximum atomic E-state index is 5.94. The molecule has 7 heteroatoms. The third-order valence-electron chi connectivity index (χ3n) is 3.13. The zero-order valence-electron chi connectivity index (χ0n) is 12.6. The molecule has 0 spiro atoms. The molecule has 0 fully saturated rings. The van der Waals surface area contributed by atoms with Crippen molar-refractivity contribution in [2.45, 2.75) is 0 Å². The van der Waals surface area contributed by atoms with E-state index in [0.29, 0.717) is 15.7 Å². The van der Waals surface area contributed by atoms with Crippen molar-refractivity contribution in [3.8, 4) is 11.3 Å². The lowest BCUT2D eigenvalue weighted by molar-refractivity contribution is 1.32. The first kappa shape index (κ1) is 16.2. The molecule has 2 aromatic carbocycles. The van der Waals surface area contributed by atoms with Crippen molar-refractivity contribution in [1.29, 1.82) is 0 Å². The Morgan fingerprint density at radius 1 is 1.04 bits per heavy atom. The van der Waals surface area contributed by atoms with Gasteiger partial charge in [0, 0.05) is 21.5 Å². The fourth-order valence-corrected chi connectivity index (χ4v) is 2.91. The van der Waals surface area contributed by atoms with E-state index in [-0.39, 0.29) is 11.8 Å². The van der Waals surface area contributed by atoms with Gasteiger partial charge in [0.25, 0.3) is 0 Å². The zero-order valence-corrected chi connectivity index (χ0v) is 14.1. The van der Waals surface area contributed by atoms with E-state index in [1.54, 1.807) is 24.3 Å².